The molecule has 0 N–H and O–H groups in total. The van der Waals surface area contributed by atoms with Gasteiger partial charge in [0.25, 0.3) is 0 Å². The van der Waals surface area contributed by atoms with Crippen molar-refractivity contribution < 1.29 is 9.13 Å². The van der Waals surface area contributed by atoms with Gasteiger partial charge < -0.3 is 9.64 Å². The van der Waals surface area contributed by atoms with Gasteiger partial charge in [0, 0.05) is 31.5 Å². The topological polar surface area (TPSA) is 12.5 Å². The van der Waals surface area contributed by atoms with E-state index in [0.29, 0.717) is 5.92 Å². The van der Waals surface area contributed by atoms with Crippen molar-refractivity contribution >= 4 is 5.57 Å². The van der Waals surface area contributed by atoms with Gasteiger partial charge in [-0.3, -0.25) is 0 Å². The molecule has 0 aliphatic carbocycles. The molecule has 1 saturated heterocycles. The number of benzene rings is 1. The lowest BCUT2D eigenvalue weighted by molar-refractivity contribution is 0.181. The van der Waals surface area contributed by atoms with Gasteiger partial charge in [-0.15, -0.1) is 0 Å². The van der Waals surface area contributed by atoms with Crippen molar-refractivity contribution in [1.82, 2.24) is 4.90 Å². The molecule has 114 valence electrons. The Kier molecular flexibility index (Phi) is 5.57. The number of ether oxygens (including phenoxy) is 1. The fourth-order valence-corrected chi connectivity index (χ4v) is 2.54. The number of rotatable bonds is 5. The van der Waals surface area contributed by atoms with E-state index in [0.717, 1.165) is 37.3 Å². The van der Waals surface area contributed by atoms with Crippen LogP contribution in [0.15, 0.2) is 42.2 Å². The van der Waals surface area contributed by atoms with Crippen molar-refractivity contribution in [3.63, 3.8) is 0 Å². The van der Waals surface area contributed by atoms with Gasteiger partial charge in [0.15, 0.2) is 0 Å². The molecule has 1 aliphatic heterocycles. The van der Waals surface area contributed by atoms with Crippen LogP contribution in [0.4, 0.5) is 4.39 Å². The Morgan fingerprint density at radius 3 is 2.52 bits per heavy atom. The summed E-state index contributed by atoms with van der Waals surface area (Å²) in [5.74, 6) is 0.383. The average molecular weight is 289 g/mol. The Morgan fingerprint density at radius 1 is 1.24 bits per heavy atom. The standard InChI is InChI=1S/C18H24FNO/c1-14(2)10-20(12-16-8-9-21-13-16)11-15(3)17-4-6-18(19)7-5-17/h4-7,10-11,16H,8-9,12-13H2,1-3H3/b15-11+. The molecular weight excluding hydrogens is 265 g/mol. The van der Waals surface area contributed by atoms with Gasteiger partial charge in [-0.25, -0.2) is 4.39 Å². The van der Waals surface area contributed by atoms with Gasteiger partial charge in [-0.2, -0.15) is 0 Å². The van der Waals surface area contributed by atoms with Gasteiger partial charge in [0.1, 0.15) is 5.82 Å². The van der Waals surface area contributed by atoms with Crippen LogP contribution in [0.3, 0.4) is 0 Å². The van der Waals surface area contributed by atoms with Gasteiger partial charge in [-0.05, 0) is 50.5 Å². The molecule has 0 amide bonds. The highest BCUT2D eigenvalue weighted by Crippen LogP contribution is 2.19. The molecule has 1 atom stereocenters. The lowest BCUT2D eigenvalue weighted by Crippen LogP contribution is -2.21. The monoisotopic (exact) mass is 289 g/mol. The second kappa shape index (κ2) is 7.41. The van der Waals surface area contributed by atoms with E-state index in [1.807, 2.05) is 12.1 Å². The third-order valence-electron chi connectivity index (χ3n) is 3.58. The maximum absolute atomic E-state index is 13.0. The van der Waals surface area contributed by atoms with Gasteiger partial charge >= 0.3 is 0 Å². The highest BCUT2D eigenvalue weighted by molar-refractivity contribution is 5.63. The predicted molar refractivity (Wildman–Crippen MR) is 85.1 cm³/mol. The predicted octanol–water partition coefficient (Wildman–Crippen LogP) is 4.45. The van der Waals surface area contributed by atoms with Crippen LogP contribution in [0.2, 0.25) is 0 Å². The Labute approximate surface area is 126 Å². The molecule has 21 heavy (non-hydrogen) atoms. The Hall–Kier alpha value is -1.61. The first-order valence-electron chi connectivity index (χ1n) is 7.47. The van der Waals surface area contributed by atoms with Crippen molar-refractivity contribution in [2.75, 3.05) is 19.8 Å². The Morgan fingerprint density at radius 2 is 1.95 bits per heavy atom. The van der Waals surface area contributed by atoms with E-state index < -0.39 is 0 Å². The van der Waals surface area contributed by atoms with Crippen LogP contribution in [0.25, 0.3) is 5.57 Å². The summed E-state index contributed by atoms with van der Waals surface area (Å²) in [6, 6.07) is 6.65. The zero-order valence-electron chi connectivity index (χ0n) is 13.1. The molecule has 1 aromatic rings. The summed E-state index contributed by atoms with van der Waals surface area (Å²) >= 11 is 0. The molecule has 1 aromatic carbocycles. The van der Waals surface area contributed by atoms with E-state index in [1.165, 1.54) is 17.7 Å². The largest absolute Gasteiger partial charge is 0.381 e. The number of hydrogen-bond donors (Lipinski definition) is 0. The van der Waals surface area contributed by atoms with Crippen molar-refractivity contribution in [3.8, 4) is 0 Å². The molecular formula is C18H24FNO. The molecule has 0 spiro atoms. The molecule has 2 nitrogen and oxygen atoms in total. The lowest BCUT2D eigenvalue weighted by atomic mass is 10.1. The lowest BCUT2D eigenvalue weighted by Gasteiger charge is -2.21. The fourth-order valence-electron chi connectivity index (χ4n) is 2.54. The van der Waals surface area contributed by atoms with Gasteiger partial charge in [0.05, 0.1) is 6.61 Å². The number of halogens is 1. The minimum Gasteiger partial charge on any atom is -0.381 e. The molecule has 0 aromatic heterocycles. The molecule has 1 unspecified atom stereocenters. The third-order valence-corrected chi connectivity index (χ3v) is 3.58. The Bertz CT molecular complexity index is 509. The van der Waals surface area contributed by atoms with E-state index in [2.05, 4.69) is 38.1 Å². The molecule has 2 rings (SSSR count). The highest BCUT2D eigenvalue weighted by Gasteiger charge is 2.17. The number of allylic oxidation sites excluding steroid dienone is 2. The van der Waals surface area contributed by atoms with Crippen LogP contribution in [0, 0.1) is 11.7 Å². The number of hydrogen-bond acceptors (Lipinski definition) is 2. The fraction of sp³-hybridized carbons (Fsp3) is 0.444. The van der Waals surface area contributed by atoms with Crippen molar-refractivity contribution in [2.45, 2.75) is 27.2 Å². The maximum Gasteiger partial charge on any atom is 0.123 e. The van der Waals surface area contributed by atoms with Gasteiger partial charge in [0.2, 0.25) is 0 Å². The normalized spacial score (nSPS) is 18.7. The third kappa shape index (κ3) is 5.01. The minimum absolute atomic E-state index is 0.198. The van der Waals surface area contributed by atoms with Crippen LogP contribution < -0.4 is 0 Å². The summed E-state index contributed by atoms with van der Waals surface area (Å²) in [5.41, 5.74) is 3.44. The van der Waals surface area contributed by atoms with Crippen LogP contribution in [0.1, 0.15) is 32.8 Å². The molecule has 1 fully saturated rings. The first-order chi connectivity index (χ1) is 10.0. The van der Waals surface area contributed by atoms with Gasteiger partial charge in [-0.1, -0.05) is 17.7 Å². The van der Waals surface area contributed by atoms with E-state index in [4.69, 9.17) is 4.74 Å². The van der Waals surface area contributed by atoms with E-state index in [1.54, 1.807) is 0 Å². The van der Waals surface area contributed by atoms with Crippen molar-refractivity contribution in [1.29, 1.82) is 0 Å². The maximum atomic E-state index is 13.0. The van der Waals surface area contributed by atoms with E-state index in [-0.39, 0.29) is 5.82 Å². The van der Waals surface area contributed by atoms with Crippen LogP contribution in [-0.4, -0.2) is 24.7 Å². The zero-order chi connectivity index (χ0) is 15.2. The minimum atomic E-state index is -0.198. The molecule has 0 radical (unpaired) electrons. The second-order valence-corrected chi connectivity index (χ2v) is 5.95. The molecule has 0 saturated carbocycles. The number of nitrogens with zero attached hydrogens (tertiary/aromatic N) is 1. The summed E-state index contributed by atoms with van der Waals surface area (Å²) in [7, 11) is 0. The smallest absolute Gasteiger partial charge is 0.123 e. The molecule has 1 aliphatic rings. The summed E-state index contributed by atoms with van der Waals surface area (Å²) in [4.78, 5) is 2.23. The first kappa shape index (κ1) is 15.8. The van der Waals surface area contributed by atoms with Crippen LogP contribution in [-0.2, 0) is 4.74 Å². The van der Waals surface area contributed by atoms with E-state index in [9.17, 15) is 4.39 Å². The van der Waals surface area contributed by atoms with Crippen molar-refractivity contribution in [3.05, 3.63) is 53.6 Å². The Balaban J connectivity index is 2.13. The summed E-state index contributed by atoms with van der Waals surface area (Å²) in [5, 5.41) is 0. The highest BCUT2D eigenvalue weighted by atomic mass is 19.1. The zero-order valence-corrected chi connectivity index (χ0v) is 13.1. The molecule has 0 bridgehead atoms. The SMILES string of the molecule is CC(C)=CN(/C=C(\C)c1ccc(F)cc1)CC1CCOC1. The summed E-state index contributed by atoms with van der Waals surface area (Å²) in [6.07, 6.45) is 5.42. The van der Waals surface area contributed by atoms with Crippen LogP contribution in [0.5, 0.6) is 0 Å². The second-order valence-electron chi connectivity index (χ2n) is 5.95. The van der Waals surface area contributed by atoms with Crippen LogP contribution >= 0.6 is 0 Å². The van der Waals surface area contributed by atoms with E-state index >= 15 is 0 Å². The van der Waals surface area contributed by atoms with Crippen molar-refractivity contribution in [2.24, 2.45) is 5.92 Å². The first-order valence-corrected chi connectivity index (χ1v) is 7.47. The molecule has 3 heteroatoms. The summed E-state index contributed by atoms with van der Waals surface area (Å²) < 4.78 is 18.5. The summed E-state index contributed by atoms with van der Waals surface area (Å²) in [6.45, 7) is 8.93. The molecule has 1 heterocycles. The quantitative estimate of drug-likeness (QED) is 0.794. The average Bonchev–Trinajstić information content (AvgIpc) is 2.91.